The van der Waals surface area contributed by atoms with Gasteiger partial charge in [-0.1, -0.05) is 18.2 Å². The molecule has 2 aromatic heterocycles. The predicted octanol–water partition coefficient (Wildman–Crippen LogP) is 3.33. The van der Waals surface area contributed by atoms with Crippen LogP contribution < -0.4 is 4.74 Å². The number of hydrogen-bond acceptors (Lipinski definition) is 3. The Bertz CT molecular complexity index is 752. The van der Waals surface area contributed by atoms with E-state index in [0.29, 0.717) is 5.88 Å². The largest absolute Gasteiger partial charge is 0.438 e. The summed E-state index contributed by atoms with van der Waals surface area (Å²) in [6, 6.07) is 12.0. The van der Waals surface area contributed by atoms with E-state index in [0.717, 1.165) is 28.6 Å². The summed E-state index contributed by atoms with van der Waals surface area (Å²) in [6.45, 7) is 0. The van der Waals surface area contributed by atoms with Gasteiger partial charge in [0.15, 0.2) is 0 Å². The van der Waals surface area contributed by atoms with Gasteiger partial charge in [0.1, 0.15) is 5.75 Å². The summed E-state index contributed by atoms with van der Waals surface area (Å²) in [4.78, 5) is 8.83. The minimum atomic E-state index is 0.680. The van der Waals surface area contributed by atoms with Crippen LogP contribution in [0.4, 0.5) is 0 Å². The van der Waals surface area contributed by atoms with E-state index in [1.807, 2.05) is 42.7 Å². The van der Waals surface area contributed by atoms with E-state index in [2.05, 4.69) is 16.0 Å². The predicted molar refractivity (Wildman–Crippen MR) is 68.9 cm³/mol. The number of para-hydroxylation sites is 1. The lowest BCUT2D eigenvalue weighted by Crippen LogP contribution is -2.05. The summed E-state index contributed by atoms with van der Waals surface area (Å²) in [5, 5.41) is 1.05. The molecule has 3 heteroatoms. The van der Waals surface area contributed by atoms with E-state index in [-0.39, 0.29) is 0 Å². The van der Waals surface area contributed by atoms with Gasteiger partial charge in [-0.3, -0.25) is 4.98 Å². The second-order valence-electron chi connectivity index (χ2n) is 4.37. The first kappa shape index (κ1) is 9.59. The van der Waals surface area contributed by atoms with Crippen molar-refractivity contribution in [1.29, 1.82) is 0 Å². The van der Waals surface area contributed by atoms with Crippen molar-refractivity contribution in [2.75, 3.05) is 0 Å². The lowest BCUT2D eigenvalue weighted by Gasteiger charge is -2.19. The number of ether oxygens (including phenoxy) is 1. The Morgan fingerprint density at radius 2 is 1.94 bits per heavy atom. The van der Waals surface area contributed by atoms with Crippen molar-refractivity contribution in [3.63, 3.8) is 0 Å². The number of fused-ring (bicyclic) bond motifs is 4. The fraction of sp³-hybridized carbons (Fsp3) is 0.0667. The van der Waals surface area contributed by atoms with Gasteiger partial charge in [0.05, 0.1) is 5.52 Å². The van der Waals surface area contributed by atoms with Crippen LogP contribution in [0.3, 0.4) is 0 Å². The van der Waals surface area contributed by atoms with Crippen molar-refractivity contribution >= 4 is 10.9 Å². The average Bonchev–Trinajstić information content (AvgIpc) is 2.45. The molecule has 4 rings (SSSR count). The van der Waals surface area contributed by atoms with E-state index in [1.165, 1.54) is 5.56 Å². The van der Waals surface area contributed by atoms with Crippen LogP contribution in [-0.4, -0.2) is 9.97 Å². The van der Waals surface area contributed by atoms with Gasteiger partial charge in [-0.25, -0.2) is 4.98 Å². The van der Waals surface area contributed by atoms with E-state index < -0.39 is 0 Å². The van der Waals surface area contributed by atoms with Gasteiger partial charge < -0.3 is 4.74 Å². The molecule has 3 aromatic rings. The third-order valence-electron chi connectivity index (χ3n) is 3.25. The van der Waals surface area contributed by atoms with Gasteiger partial charge in [0, 0.05) is 29.8 Å². The Kier molecular flexibility index (Phi) is 1.88. The summed E-state index contributed by atoms with van der Waals surface area (Å²) in [7, 11) is 0. The molecule has 3 heterocycles. The smallest absolute Gasteiger partial charge is 0.224 e. The molecule has 0 fully saturated rings. The summed E-state index contributed by atoms with van der Waals surface area (Å²) >= 11 is 0. The van der Waals surface area contributed by atoms with E-state index in [9.17, 15) is 0 Å². The number of pyridine rings is 2. The molecule has 0 radical (unpaired) electrons. The summed E-state index contributed by atoms with van der Waals surface area (Å²) in [6.07, 6.45) is 4.45. The molecule has 86 valence electrons. The average molecular weight is 234 g/mol. The van der Waals surface area contributed by atoms with Gasteiger partial charge in [-0.15, -0.1) is 0 Å². The second kappa shape index (κ2) is 3.53. The van der Waals surface area contributed by atoms with Gasteiger partial charge in [0.2, 0.25) is 5.88 Å². The van der Waals surface area contributed by atoms with Crippen molar-refractivity contribution in [3.05, 3.63) is 59.9 Å². The van der Waals surface area contributed by atoms with E-state index in [4.69, 9.17) is 4.74 Å². The number of hydrogen-bond donors (Lipinski definition) is 0. The van der Waals surface area contributed by atoms with Crippen molar-refractivity contribution in [2.24, 2.45) is 0 Å². The highest BCUT2D eigenvalue weighted by atomic mass is 16.5. The first-order chi connectivity index (χ1) is 8.92. The fourth-order valence-electron chi connectivity index (χ4n) is 2.37. The van der Waals surface area contributed by atoms with Crippen LogP contribution in [0.5, 0.6) is 11.6 Å². The molecule has 0 saturated heterocycles. The van der Waals surface area contributed by atoms with Crippen LogP contribution in [0.25, 0.3) is 10.9 Å². The number of aromatic nitrogens is 2. The molecule has 0 unspecified atom stereocenters. The third kappa shape index (κ3) is 1.31. The standard InChI is InChI=1S/C15H10N2O/c1-2-6-13-10(4-1)8-12-14-11(5-3-7-16-14)9-17-15(12)18-13/h1-7,9H,8H2. The molecule has 18 heavy (non-hydrogen) atoms. The van der Waals surface area contributed by atoms with Crippen molar-refractivity contribution in [3.8, 4) is 11.6 Å². The number of rotatable bonds is 0. The maximum Gasteiger partial charge on any atom is 0.224 e. The topological polar surface area (TPSA) is 35.0 Å². The quantitative estimate of drug-likeness (QED) is 0.468. The molecule has 0 amide bonds. The molecule has 0 N–H and O–H groups in total. The Labute approximate surface area is 104 Å². The SMILES string of the molecule is c1ccc2c(c1)Cc1c(ncc3cccnc13)O2. The monoisotopic (exact) mass is 234 g/mol. The molecule has 0 atom stereocenters. The zero-order valence-electron chi connectivity index (χ0n) is 9.63. The van der Waals surface area contributed by atoms with Crippen LogP contribution in [0.15, 0.2) is 48.8 Å². The van der Waals surface area contributed by atoms with E-state index >= 15 is 0 Å². The van der Waals surface area contributed by atoms with Crippen molar-refractivity contribution in [1.82, 2.24) is 9.97 Å². The molecule has 1 aliphatic rings. The lowest BCUT2D eigenvalue weighted by molar-refractivity contribution is 0.442. The highest BCUT2D eigenvalue weighted by Gasteiger charge is 2.20. The van der Waals surface area contributed by atoms with Crippen LogP contribution in [0.1, 0.15) is 11.1 Å². The normalized spacial score (nSPS) is 12.7. The molecule has 1 aliphatic heterocycles. The Hall–Kier alpha value is -2.42. The zero-order valence-corrected chi connectivity index (χ0v) is 9.63. The molecule has 1 aromatic carbocycles. The molecular weight excluding hydrogens is 224 g/mol. The zero-order chi connectivity index (χ0) is 11.9. The van der Waals surface area contributed by atoms with Gasteiger partial charge >= 0.3 is 0 Å². The maximum absolute atomic E-state index is 5.83. The van der Waals surface area contributed by atoms with Crippen LogP contribution in [0, 0.1) is 0 Å². The Balaban J connectivity index is 1.98. The Morgan fingerprint density at radius 3 is 2.94 bits per heavy atom. The first-order valence-electron chi connectivity index (χ1n) is 5.90. The Morgan fingerprint density at radius 1 is 1.00 bits per heavy atom. The fourth-order valence-corrected chi connectivity index (χ4v) is 2.37. The van der Waals surface area contributed by atoms with Crippen LogP contribution in [-0.2, 0) is 6.42 Å². The lowest BCUT2D eigenvalue weighted by atomic mass is 10.0. The highest BCUT2D eigenvalue weighted by Crippen LogP contribution is 2.37. The first-order valence-corrected chi connectivity index (χ1v) is 5.90. The molecule has 0 bridgehead atoms. The third-order valence-corrected chi connectivity index (χ3v) is 3.25. The van der Waals surface area contributed by atoms with Crippen molar-refractivity contribution in [2.45, 2.75) is 6.42 Å². The molecular formula is C15H10N2O. The second-order valence-corrected chi connectivity index (χ2v) is 4.37. The van der Waals surface area contributed by atoms with Gasteiger partial charge in [-0.2, -0.15) is 0 Å². The van der Waals surface area contributed by atoms with Gasteiger partial charge in [0.25, 0.3) is 0 Å². The highest BCUT2D eigenvalue weighted by molar-refractivity contribution is 5.83. The van der Waals surface area contributed by atoms with Crippen molar-refractivity contribution < 1.29 is 4.74 Å². The van der Waals surface area contributed by atoms with Crippen LogP contribution >= 0.6 is 0 Å². The molecule has 3 nitrogen and oxygen atoms in total. The van der Waals surface area contributed by atoms with Gasteiger partial charge in [-0.05, 0) is 23.8 Å². The minimum Gasteiger partial charge on any atom is -0.438 e. The maximum atomic E-state index is 5.83. The number of nitrogens with zero attached hydrogens (tertiary/aromatic N) is 2. The molecule has 0 aliphatic carbocycles. The van der Waals surface area contributed by atoms with Crippen LogP contribution in [0.2, 0.25) is 0 Å². The molecule has 0 spiro atoms. The number of benzene rings is 1. The van der Waals surface area contributed by atoms with E-state index in [1.54, 1.807) is 0 Å². The summed E-state index contributed by atoms with van der Waals surface area (Å²) < 4.78 is 5.83. The minimum absolute atomic E-state index is 0.680. The summed E-state index contributed by atoms with van der Waals surface area (Å²) in [5.74, 6) is 1.58. The molecule has 0 saturated carbocycles. The summed E-state index contributed by atoms with van der Waals surface area (Å²) in [5.41, 5.74) is 3.24.